The zero-order valence-corrected chi connectivity index (χ0v) is 21.1. The predicted octanol–water partition coefficient (Wildman–Crippen LogP) is 4.68. The van der Waals surface area contributed by atoms with Gasteiger partial charge >= 0.3 is 0 Å². The smallest absolute Gasteiger partial charge is 0.293 e. The molecular weight excluding hydrogens is 486 g/mol. The van der Waals surface area contributed by atoms with Gasteiger partial charge in [-0.15, -0.1) is 10.2 Å². The van der Waals surface area contributed by atoms with E-state index in [1.165, 1.54) is 29.2 Å². The summed E-state index contributed by atoms with van der Waals surface area (Å²) in [5.41, 5.74) is 3.83. The van der Waals surface area contributed by atoms with Gasteiger partial charge in [-0.3, -0.25) is 15.0 Å². The van der Waals surface area contributed by atoms with Crippen LogP contribution >= 0.6 is 11.8 Å². The van der Waals surface area contributed by atoms with Crippen molar-refractivity contribution in [2.45, 2.75) is 17.5 Å². The standard InChI is InChI=1S/C27H27N7O2S/c35-34(36)26-17-24(18-29-33-21-28-30-27(33)37-20-23-9-5-2-6-10-23)11-12-25(26)32-15-13-31(14-16-32)19-22-7-3-1-4-8-22/h1-12,17-18,21H,13-16,19-20H2. The third-order valence-corrected chi connectivity index (χ3v) is 7.20. The first-order chi connectivity index (χ1) is 18.2. The molecule has 37 heavy (non-hydrogen) atoms. The fraction of sp³-hybridized carbons (Fsp3) is 0.222. The number of rotatable bonds is 9. The molecule has 1 aromatic heterocycles. The molecule has 1 aliphatic heterocycles. The number of piperazine rings is 1. The Morgan fingerprint density at radius 3 is 2.35 bits per heavy atom. The first kappa shape index (κ1) is 24.7. The fourth-order valence-corrected chi connectivity index (χ4v) is 5.09. The maximum atomic E-state index is 11.9. The van der Waals surface area contributed by atoms with E-state index in [-0.39, 0.29) is 10.6 Å². The minimum Gasteiger partial charge on any atom is -0.363 e. The molecule has 0 unspecified atom stereocenters. The van der Waals surface area contributed by atoms with Crippen LogP contribution in [0.15, 0.2) is 95.4 Å². The molecule has 0 radical (unpaired) electrons. The summed E-state index contributed by atoms with van der Waals surface area (Å²) in [6.07, 6.45) is 3.13. The van der Waals surface area contributed by atoms with Crippen molar-refractivity contribution in [3.05, 3.63) is 112 Å². The zero-order valence-electron chi connectivity index (χ0n) is 20.3. The van der Waals surface area contributed by atoms with E-state index in [0.717, 1.165) is 38.5 Å². The molecule has 0 amide bonds. The van der Waals surface area contributed by atoms with Gasteiger partial charge in [0.05, 0.1) is 11.1 Å². The van der Waals surface area contributed by atoms with E-state index >= 15 is 0 Å². The highest BCUT2D eigenvalue weighted by atomic mass is 32.2. The molecule has 0 bridgehead atoms. The number of aromatic nitrogens is 3. The number of nitro groups is 1. The molecule has 4 aromatic rings. The highest BCUT2D eigenvalue weighted by molar-refractivity contribution is 7.98. The predicted molar refractivity (Wildman–Crippen MR) is 146 cm³/mol. The van der Waals surface area contributed by atoms with E-state index in [0.29, 0.717) is 16.4 Å². The summed E-state index contributed by atoms with van der Waals surface area (Å²) in [4.78, 5) is 16.1. The molecule has 5 rings (SSSR count). The summed E-state index contributed by atoms with van der Waals surface area (Å²) in [7, 11) is 0. The summed E-state index contributed by atoms with van der Waals surface area (Å²) in [6.45, 7) is 4.08. The van der Waals surface area contributed by atoms with Crippen LogP contribution in [0.4, 0.5) is 11.4 Å². The summed E-state index contributed by atoms with van der Waals surface area (Å²) in [5.74, 6) is 0.744. The van der Waals surface area contributed by atoms with Crippen LogP contribution in [0.3, 0.4) is 0 Å². The Labute approximate surface area is 219 Å². The van der Waals surface area contributed by atoms with Gasteiger partial charge in [0.2, 0.25) is 5.16 Å². The molecule has 2 heterocycles. The van der Waals surface area contributed by atoms with E-state index in [2.05, 4.69) is 49.4 Å². The van der Waals surface area contributed by atoms with Crippen LogP contribution in [0.25, 0.3) is 0 Å². The van der Waals surface area contributed by atoms with Gasteiger partial charge in [-0.1, -0.05) is 78.5 Å². The lowest BCUT2D eigenvalue weighted by Gasteiger charge is -2.35. The van der Waals surface area contributed by atoms with Gasteiger partial charge in [0.1, 0.15) is 12.0 Å². The third kappa shape index (κ3) is 6.41. The van der Waals surface area contributed by atoms with Crippen LogP contribution in [0.1, 0.15) is 16.7 Å². The van der Waals surface area contributed by atoms with E-state index in [1.54, 1.807) is 17.0 Å². The second-order valence-corrected chi connectivity index (χ2v) is 9.67. The average Bonchev–Trinajstić information content (AvgIpc) is 3.39. The maximum absolute atomic E-state index is 11.9. The highest BCUT2D eigenvalue weighted by Gasteiger charge is 2.24. The summed E-state index contributed by atoms with van der Waals surface area (Å²) in [6, 6.07) is 25.7. The lowest BCUT2D eigenvalue weighted by atomic mass is 10.1. The van der Waals surface area contributed by atoms with E-state index in [9.17, 15) is 10.1 Å². The van der Waals surface area contributed by atoms with Gasteiger partial charge in [-0.05, 0) is 17.2 Å². The van der Waals surface area contributed by atoms with Crippen LogP contribution in [0, 0.1) is 10.1 Å². The number of hydrogen-bond donors (Lipinski definition) is 0. The lowest BCUT2D eigenvalue weighted by molar-refractivity contribution is -0.384. The van der Waals surface area contributed by atoms with Crippen LogP contribution in [-0.2, 0) is 12.3 Å². The molecule has 1 saturated heterocycles. The normalized spacial score (nSPS) is 14.3. The van der Waals surface area contributed by atoms with Gasteiger partial charge in [-0.2, -0.15) is 9.78 Å². The lowest BCUT2D eigenvalue weighted by Crippen LogP contribution is -2.46. The van der Waals surface area contributed by atoms with Gasteiger partial charge in [0, 0.05) is 50.1 Å². The maximum Gasteiger partial charge on any atom is 0.293 e. The first-order valence-corrected chi connectivity index (χ1v) is 13.0. The molecule has 0 aliphatic carbocycles. The minimum atomic E-state index is -0.317. The largest absolute Gasteiger partial charge is 0.363 e. The summed E-state index contributed by atoms with van der Waals surface area (Å²) >= 11 is 1.53. The number of hydrogen-bond acceptors (Lipinski definition) is 8. The topological polar surface area (TPSA) is 92.7 Å². The zero-order chi connectivity index (χ0) is 25.5. The summed E-state index contributed by atoms with van der Waals surface area (Å²) < 4.78 is 1.58. The number of nitrogens with zero attached hydrogens (tertiary/aromatic N) is 7. The van der Waals surface area contributed by atoms with E-state index < -0.39 is 0 Å². The number of anilines is 1. The van der Waals surface area contributed by atoms with Crippen molar-refractivity contribution >= 4 is 29.4 Å². The number of benzene rings is 3. The first-order valence-electron chi connectivity index (χ1n) is 12.1. The second-order valence-electron chi connectivity index (χ2n) is 8.73. The molecule has 0 atom stereocenters. The average molecular weight is 514 g/mol. The Morgan fingerprint density at radius 1 is 0.946 bits per heavy atom. The molecule has 1 aliphatic rings. The SMILES string of the molecule is O=[N+]([O-])c1cc(C=Nn2cnnc2SCc2ccccc2)ccc1N1CCN(Cc2ccccc2)CC1. The second kappa shape index (κ2) is 11.8. The number of thioether (sulfide) groups is 1. The van der Waals surface area contributed by atoms with Crippen molar-refractivity contribution < 1.29 is 4.92 Å². The fourth-order valence-electron chi connectivity index (χ4n) is 4.27. The molecule has 0 N–H and O–H groups in total. The van der Waals surface area contributed by atoms with Crippen LogP contribution in [0.2, 0.25) is 0 Å². The Balaban J connectivity index is 1.24. The monoisotopic (exact) mass is 513 g/mol. The Bertz CT molecular complexity index is 1350. The molecule has 10 heteroatoms. The molecule has 3 aromatic carbocycles. The van der Waals surface area contributed by atoms with Gasteiger partial charge < -0.3 is 4.90 Å². The molecule has 0 spiro atoms. The summed E-state index contributed by atoms with van der Waals surface area (Å²) in [5, 5.41) is 25.1. The quantitative estimate of drug-likeness (QED) is 0.139. The van der Waals surface area contributed by atoms with Crippen LogP contribution < -0.4 is 4.90 Å². The van der Waals surface area contributed by atoms with E-state index in [4.69, 9.17) is 0 Å². The highest BCUT2D eigenvalue weighted by Crippen LogP contribution is 2.30. The van der Waals surface area contributed by atoms with Crippen molar-refractivity contribution in [3.63, 3.8) is 0 Å². The third-order valence-electron chi connectivity index (χ3n) is 6.20. The van der Waals surface area contributed by atoms with E-state index in [1.807, 2.05) is 48.5 Å². The molecule has 0 saturated carbocycles. The molecular formula is C27H27N7O2S. The van der Waals surface area contributed by atoms with Gasteiger partial charge in [0.15, 0.2) is 0 Å². The van der Waals surface area contributed by atoms with Gasteiger partial charge in [-0.25, -0.2) is 0 Å². The Hall–Kier alpha value is -4.02. The molecule has 9 nitrogen and oxygen atoms in total. The van der Waals surface area contributed by atoms with Crippen molar-refractivity contribution in [1.82, 2.24) is 19.8 Å². The molecule has 188 valence electrons. The Kier molecular flexibility index (Phi) is 7.87. The Morgan fingerprint density at radius 2 is 1.65 bits per heavy atom. The minimum absolute atomic E-state index is 0.0860. The van der Waals surface area contributed by atoms with Crippen molar-refractivity contribution in [2.75, 3.05) is 31.1 Å². The van der Waals surface area contributed by atoms with Crippen LogP contribution in [-0.4, -0.2) is 57.1 Å². The van der Waals surface area contributed by atoms with Crippen molar-refractivity contribution in [2.24, 2.45) is 5.10 Å². The molecule has 1 fully saturated rings. The van der Waals surface area contributed by atoms with Crippen molar-refractivity contribution in [3.8, 4) is 0 Å². The van der Waals surface area contributed by atoms with Crippen molar-refractivity contribution in [1.29, 1.82) is 0 Å². The van der Waals surface area contributed by atoms with Crippen LogP contribution in [0.5, 0.6) is 0 Å². The number of nitro benzene ring substituents is 1. The van der Waals surface area contributed by atoms with Gasteiger partial charge in [0.25, 0.3) is 5.69 Å².